The number of likely N-dealkylation sites (tertiary alicyclic amines) is 1. The molecule has 4 N–H and O–H groups in total. The van der Waals surface area contributed by atoms with Crippen molar-refractivity contribution in [2.45, 2.75) is 84.1 Å². The summed E-state index contributed by atoms with van der Waals surface area (Å²) in [7, 11) is 1.79. The Morgan fingerprint density at radius 2 is 1.68 bits per heavy atom. The Hall–Kier alpha value is -7.50. The number of para-hydroxylation sites is 2. The summed E-state index contributed by atoms with van der Waals surface area (Å²) in [5, 5.41) is 25.3. The molecule has 10 rings (SSSR count). The maximum absolute atomic E-state index is 13.8. The summed E-state index contributed by atoms with van der Waals surface area (Å²) in [4.78, 5) is 78.7. The Morgan fingerprint density at radius 1 is 0.904 bits per heavy atom. The lowest BCUT2D eigenvalue weighted by Crippen LogP contribution is -2.39. The first-order chi connectivity index (χ1) is 35.1. The molecule has 0 bridgehead atoms. The van der Waals surface area contributed by atoms with Crippen LogP contribution in [0.5, 0.6) is 5.75 Å². The van der Waals surface area contributed by atoms with Crippen LogP contribution in [0.1, 0.15) is 108 Å². The van der Waals surface area contributed by atoms with Crippen molar-refractivity contribution in [1.82, 2.24) is 30.0 Å². The summed E-state index contributed by atoms with van der Waals surface area (Å²) < 4.78 is 9.15. The summed E-state index contributed by atoms with van der Waals surface area (Å²) >= 11 is 1.43. The lowest BCUT2D eigenvalue weighted by molar-refractivity contribution is -0.134. The average Bonchev–Trinajstić information content (AvgIpc) is 3.94. The number of thiazole rings is 1. The van der Waals surface area contributed by atoms with Crippen LogP contribution in [0.3, 0.4) is 0 Å². The minimum atomic E-state index is -1.13. The van der Waals surface area contributed by atoms with Gasteiger partial charge in [-0.15, -0.1) is 0 Å². The molecule has 2 saturated heterocycles. The molecular formula is C56H59N9O7S. The van der Waals surface area contributed by atoms with Crippen molar-refractivity contribution >= 4 is 78.7 Å². The number of fused-ring (bicyclic) bond motifs is 3. The lowest BCUT2D eigenvalue weighted by atomic mass is 9.80. The number of nitrogens with one attached hydrogen (secondary N) is 3. The Bertz CT molecular complexity index is 3300. The number of aromatic carboxylic acids is 1. The van der Waals surface area contributed by atoms with Gasteiger partial charge in [0.15, 0.2) is 10.8 Å². The van der Waals surface area contributed by atoms with E-state index in [1.54, 1.807) is 11.7 Å². The van der Waals surface area contributed by atoms with Crippen LogP contribution in [0.2, 0.25) is 0 Å². The van der Waals surface area contributed by atoms with E-state index in [1.807, 2.05) is 91.9 Å². The van der Waals surface area contributed by atoms with Crippen LogP contribution in [-0.4, -0.2) is 92.1 Å². The molecule has 1 unspecified atom stereocenters. The highest BCUT2D eigenvalue weighted by Gasteiger charge is 2.34. The molecule has 2 fully saturated rings. The van der Waals surface area contributed by atoms with Crippen LogP contribution in [0.4, 0.5) is 16.6 Å². The Morgan fingerprint density at radius 3 is 2.45 bits per heavy atom. The third-order valence-corrected chi connectivity index (χ3v) is 15.5. The van der Waals surface area contributed by atoms with Gasteiger partial charge in [0, 0.05) is 43.1 Å². The Balaban J connectivity index is 0.784. The summed E-state index contributed by atoms with van der Waals surface area (Å²) in [6, 6.07) is 26.9. The van der Waals surface area contributed by atoms with E-state index in [9.17, 15) is 29.1 Å². The largest absolute Gasteiger partial charge is 0.493 e. The fourth-order valence-electron chi connectivity index (χ4n) is 10.7. The predicted molar refractivity (Wildman–Crippen MR) is 283 cm³/mol. The van der Waals surface area contributed by atoms with Gasteiger partial charge in [-0.3, -0.25) is 39.4 Å². The number of carboxylic acid groups (broad SMARTS) is 1. The molecule has 4 aromatic carbocycles. The van der Waals surface area contributed by atoms with Crippen LogP contribution >= 0.6 is 11.3 Å². The number of pyridine rings is 1. The number of ether oxygens (including phenoxy) is 1. The number of hydrogen-bond donors (Lipinski definition) is 4. The summed E-state index contributed by atoms with van der Waals surface area (Å²) in [5.41, 5.74) is 7.74. The number of imide groups is 1. The molecule has 3 aromatic heterocycles. The van der Waals surface area contributed by atoms with Crippen molar-refractivity contribution < 1.29 is 33.8 Å². The monoisotopic (exact) mass is 1000 g/mol. The highest BCUT2D eigenvalue weighted by Crippen LogP contribution is 2.42. The van der Waals surface area contributed by atoms with Crippen LogP contribution in [0.15, 0.2) is 84.9 Å². The van der Waals surface area contributed by atoms with Crippen LogP contribution in [0.25, 0.3) is 32.2 Å². The van der Waals surface area contributed by atoms with Crippen molar-refractivity contribution in [2.24, 2.45) is 13.0 Å². The molecule has 3 aliphatic heterocycles. The van der Waals surface area contributed by atoms with Crippen molar-refractivity contribution in [1.29, 1.82) is 0 Å². The van der Waals surface area contributed by atoms with E-state index in [1.165, 1.54) is 11.3 Å². The molecule has 7 aromatic rings. The second-order valence-corrected chi connectivity index (χ2v) is 21.4. The number of carboxylic acids is 1. The van der Waals surface area contributed by atoms with Crippen LogP contribution < -0.4 is 25.6 Å². The van der Waals surface area contributed by atoms with Gasteiger partial charge < -0.3 is 20.1 Å². The summed E-state index contributed by atoms with van der Waals surface area (Å²) in [6.07, 6.45) is 3.96. The van der Waals surface area contributed by atoms with Gasteiger partial charge in [-0.1, -0.05) is 80.6 Å². The van der Waals surface area contributed by atoms with Crippen molar-refractivity contribution in [3.05, 3.63) is 124 Å². The minimum absolute atomic E-state index is 0.0382. The number of anilines is 3. The van der Waals surface area contributed by atoms with E-state index < -0.39 is 17.3 Å². The van der Waals surface area contributed by atoms with Gasteiger partial charge in [-0.2, -0.15) is 5.10 Å². The number of aromatic nitrogens is 4. The van der Waals surface area contributed by atoms with Gasteiger partial charge in [0.05, 0.1) is 46.2 Å². The first-order valence-corrected chi connectivity index (χ1v) is 25.8. The zero-order valence-corrected chi connectivity index (χ0v) is 42.5. The summed E-state index contributed by atoms with van der Waals surface area (Å²) in [5.74, 6) is -1.04. The predicted octanol–water partition coefficient (Wildman–Crippen LogP) is 9.00. The summed E-state index contributed by atoms with van der Waals surface area (Å²) in [6.45, 7) is 11.4. The molecule has 16 nitrogen and oxygen atoms in total. The topological polar surface area (TPSA) is 201 Å². The number of benzene rings is 4. The lowest BCUT2D eigenvalue weighted by Gasteiger charge is -2.33. The normalized spacial score (nSPS) is 16.6. The zero-order chi connectivity index (χ0) is 51.1. The highest BCUT2D eigenvalue weighted by atomic mass is 32.1. The Labute approximate surface area is 427 Å². The van der Waals surface area contributed by atoms with Crippen LogP contribution in [-0.2, 0) is 39.8 Å². The molecule has 0 spiro atoms. The third-order valence-electron chi connectivity index (χ3n) is 14.5. The molecule has 376 valence electrons. The van der Waals surface area contributed by atoms with Gasteiger partial charge in [0.25, 0.3) is 5.91 Å². The molecule has 6 heterocycles. The van der Waals surface area contributed by atoms with E-state index >= 15 is 0 Å². The number of amides is 4. The second-order valence-electron chi connectivity index (χ2n) is 20.4. The highest BCUT2D eigenvalue weighted by molar-refractivity contribution is 7.22. The molecular weight excluding hydrogens is 943 g/mol. The van der Waals surface area contributed by atoms with E-state index in [4.69, 9.17) is 9.72 Å². The fourth-order valence-corrected chi connectivity index (χ4v) is 11.5. The Kier molecular flexibility index (Phi) is 13.6. The molecule has 1 atom stereocenters. The number of aryl methyl sites for hydroxylation is 1. The fraction of sp³-hybridized carbons (Fsp3) is 0.357. The SMILES string of the molecule is Cc1c(OCCC2CCN(CC(=O)Nc3cccc4c(C5CCC(=O)NC5=O)nn(C)c34)CC2)cccc1-c1c(C(C)(C)C)cc(N2CCc3cccc(C(=O)Nc4nc5ccccc5s4)c3C2)nc1C(=O)O. The van der Waals surface area contributed by atoms with Gasteiger partial charge in [-0.25, -0.2) is 14.8 Å². The van der Waals surface area contributed by atoms with Gasteiger partial charge >= 0.3 is 5.97 Å². The maximum Gasteiger partial charge on any atom is 0.355 e. The number of rotatable bonds is 13. The number of carbonyl (C=O) groups is 5. The van der Waals surface area contributed by atoms with Crippen molar-refractivity contribution in [2.75, 3.05) is 48.3 Å². The van der Waals surface area contributed by atoms with E-state index in [-0.39, 0.29) is 42.3 Å². The molecule has 0 saturated carbocycles. The van der Waals surface area contributed by atoms with Crippen molar-refractivity contribution in [3.63, 3.8) is 0 Å². The minimum Gasteiger partial charge on any atom is -0.493 e. The van der Waals surface area contributed by atoms with E-state index in [0.717, 1.165) is 81.3 Å². The quantitative estimate of drug-likeness (QED) is 0.0801. The first kappa shape index (κ1) is 49.1. The number of nitrogens with zero attached hydrogens (tertiary/aromatic N) is 6. The standard InChI is InChI=1S/C56H59N9O7S/c1-32-35(12-10-17-43(32)72-28-24-33-21-25-64(26-22-33)31-47(67)57-42-16-9-14-37-49(62-63(5)51(37)42)38-19-20-46(66)60-53(38)69)48-40(56(2,3)4)29-45(59-50(48)54(70)71)65-27-23-34-11-8-13-36(39(34)30-65)52(68)61-55-58-41-15-6-7-18-44(41)73-55/h6-18,29,33,38H,19-28,30-31H2,1-5H3,(H,57,67)(H,70,71)(H,58,61,68)(H,60,66,69). The molecule has 0 radical (unpaired) electrons. The molecule has 0 aliphatic carbocycles. The van der Waals surface area contributed by atoms with Crippen LogP contribution in [0, 0.1) is 12.8 Å². The number of carbonyl (C=O) groups excluding carboxylic acids is 4. The molecule has 17 heteroatoms. The average molecular weight is 1000 g/mol. The number of piperidine rings is 2. The molecule has 73 heavy (non-hydrogen) atoms. The second kappa shape index (κ2) is 20.2. The van der Waals surface area contributed by atoms with E-state index in [0.29, 0.717) is 77.7 Å². The molecule has 3 aliphatic rings. The maximum atomic E-state index is 13.8. The van der Waals surface area contributed by atoms with E-state index in [2.05, 4.69) is 56.6 Å². The number of hydrogen-bond acceptors (Lipinski definition) is 12. The van der Waals surface area contributed by atoms with Gasteiger partial charge in [0.1, 0.15) is 11.6 Å². The third kappa shape index (κ3) is 10.2. The van der Waals surface area contributed by atoms with Gasteiger partial charge in [-0.05, 0) is 128 Å². The first-order valence-electron chi connectivity index (χ1n) is 25.0. The van der Waals surface area contributed by atoms with Gasteiger partial charge in [0.2, 0.25) is 17.7 Å². The smallest absolute Gasteiger partial charge is 0.355 e. The molecule has 4 amide bonds. The van der Waals surface area contributed by atoms with Crippen molar-refractivity contribution in [3.8, 4) is 16.9 Å². The zero-order valence-electron chi connectivity index (χ0n) is 41.7.